The summed E-state index contributed by atoms with van der Waals surface area (Å²) in [7, 11) is 0. The van der Waals surface area contributed by atoms with E-state index in [0.29, 0.717) is 12.0 Å². The molecule has 84 valence electrons. The van der Waals surface area contributed by atoms with Gasteiger partial charge in [-0.3, -0.25) is 0 Å². The molecule has 0 amide bonds. The predicted octanol–water partition coefficient (Wildman–Crippen LogP) is 3.29. The van der Waals surface area contributed by atoms with Crippen LogP contribution in [0.1, 0.15) is 29.7 Å². The van der Waals surface area contributed by atoms with Crippen LogP contribution in [0.5, 0.6) is 0 Å². The van der Waals surface area contributed by atoms with Crippen LogP contribution in [0, 0.1) is 13.8 Å². The molecule has 2 nitrogen and oxygen atoms in total. The SMILES string of the molecule is Cc1cc2c(C(C)C3CO3)c(C)ccc2[nH]1. The molecule has 2 unspecified atom stereocenters. The molecule has 0 aliphatic carbocycles. The Labute approximate surface area is 95.6 Å². The van der Waals surface area contributed by atoms with Crippen molar-refractivity contribution in [1.82, 2.24) is 4.98 Å². The average Bonchev–Trinajstić information content (AvgIpc) is 3.00. The normalized spacial score (nSPS) is 21.3. The highest BCUT2D eigenvalue weighted by molar-refractivity contribution is 5.85. The van der Waals surface area contributed by atoms with E-state index < -0.39 is 0 Å². The van der Waals surface area contributed by atoms with Crippen molar-refractivity contribution in [1.29, 1.82) is 0 Å². The molecule has 0 saturated carbocycles. The van der Waals surface area contributed by atoms with Crippen LogP contribution in [0.15, 0.2) is 18.2 Å². The summed E-state index contributed by atoms with van der Waals surface area (Å²) < 4.78 is 5.43. The fourth-order valence-electron chi connectivity index (χ4n) is 2.61. The minimum atomic E-state index is 0.430. The fraction of sp³-hybridized carbons (Fsp3) is 0.429. The van der Waals surface area contributed by atoms with Crippen molar-refractivity contribution < 1.29 is 4.74 Å². The second kappa shape index (κ2) is 3.36. The molecule has 1 saturated heterocycles. The van der Waals surface area contributed by atoms with Crippen LogP contribution in [-0.2, 0) is 4.74 Å². The Morgan fingerprint density at radius 1 is 1.38 bits per heavy atom. The van der Waals surface area contributed by atoms with Gasteiger partial charge in [-0.1, -0.05) is 13.0 Å². The molecule has 1 aliphatic rings. The van der Waals surface area contributed by atoms with Gasteiger partial charge in [-0.15, -0.1) is 0 Å². The van der Waals surface area contributed by atoms with Crippen LogP contribution in [0.25, 0.3) is 10.9 Å². The first-order valence-corrected chi connectivity index (χ1v) is 5.87. The van der Waals surface area contributed by atoms with E-state index in [0.717, 1.165) is 6.61 Å². The van der Waals surface area contributed by atoms with Crippen molar-refractivity contribution >= 4 is 10.9 Å². The first kappa shape index (κ1) is 9.91. The quantitative estimate of drug-likeness (QED) is 0.765. The van der Waals surface area contributed by atoms with Gasteiger partial charge in [0.1, 0.15) is 0 Å². The van der Waals surface area contributed by atoms with Crippen LogP contribution in [0.3, 0.4) is 0 Å². The van der Waals surface area contributed by atoms with Crippen LogP contribution in [0.2, 0.25) is 0 Å². The summed E-state index contributed by atoms with van der Waals surface area (Å²) in [6.45, 7) is 7.48. The number of rotatable bonds is 2. The van der Waals surface area contributed by atoms with E-state index in [-0.39, 0.29) is 0 Å². The second-order valence-corrected chi connectivity index (χ2v) is 4.87. The predicted molar refractivity (Wildman–Crippen MR) is 65.9 cm³/mol. The van der Waals surface area contributed by atoms with Gasteiger partial charge in [-0.25, -0.2) is 0 Å². The van der Waals surface area contributed by atoms with Gasteiger partial charge in [0.05, 0.1) is 12.7 Å². The molecule has 2 heteroatoms. The summed E-state index contributed by atoms with van der Waals surface area (Å²) in [5.41, 5.74) is 5.29. The highest BCUT2D eigenvalue weighted by Gasteiger charge is 2.32. The summed E-state index contributed by atoms with van der Waals surface area (Å²) >= 11 is 0. The Bertz CT molecular complexity index is 537. The van der Waals surface area contributed by atoms with Gasteiger partial charge in [-0.2, -0.15) is 0 Å². The molecular formula is C14H17NO. The molecule has 0 bridgehead atoms. The van der Waals surface area contributed by atoms with Crippen molar-refractivity contribution in [3.8, 4) is 0 Å². The van der Waals surface area contributed by atoms with Crippen molar-refractivity contribution in [2.24, 2.45) is 0 Å². The number of fused-ring (bicyclic) bond motifs is 1. The number of hydrogen-bond donors (Lipinski definition) is 1. The lowest BCUT2D eigenvalue weighted by Crippen LogP contribution is -2.04. The molecule has 0 spiro atoms. The second-order valence-electron chi connectivity index (χ2n) is 4.87. The zero-order chi connectivity index (χ0) is 11.3. The Kier molecular flexibility index (Phi) is 2.08. The molecule has 2 aromatic rings. The van der Waals surface area contributed by atoms with Gasteiger partial charge in [0, 0.05) is 22.5 Å². The van der Waals surface area contributed by atoms with E-state index in [9.17, 15) is 0 Å². The summed E-state index contributed by atoms with van der Waals surface area (Å²) in [5, 5.41) is 1.36. The minimum Gasteiger partial charge on any atom is -0.372 e. The minimum absolute atomic E-state index is 0.430. The van der Waals surface area contributed by atoms with Crippen LogP contribution in [0.4, 0.5) is 0 Å². The van der Waals surface area contributed by atoms with Crippen LogP contribution in [-0.4, -0.2) is 17.7 Å². The monoisotopic (exact) mass is 215 g/mol. The number of H-pyrrole nitrogens is 1. The first-order valence-electron chi connectivity index (χ1n) is 5.87. The van der Waals surface area contributed by atoms with Gasteiger partial charge >= 0.3 is 0 Å². The highest BCUT2D eigenvalue weighted by atomic mass is 16.6. The number of aromatic amines is 1. The highest BCUT2D eigenvalue weighted by Crippen LogP contribution is 2.36. The zero-order valence-corrected chi connectivity index (χ0v) is 10.0. The number of epoxide rings is 1. The summed E-state index contributed by atoms with van der Waals surface area (Å²) in [4.78, 5) is 3.40. The van der Waals surface area contributed by atoms with E-state index in [2.05, 4.69) is 44.0 Å². The molecule has 2 heterocycles. The maximum atomic E-state index is 5.43. The Morgan fingerprint density at radius 2 is 2.12 bits per heavy atom. The molecule has 1 aromatic carbocycles. The van der Waals surface area contributed by atoms with Crippen molar-refractivity contribution in [2.75, 3.05) is 6.61 Å². The summed E-state index contributed by atoms with van der Waals surface area (Å²) in [5.74, 6) is 0.499. The summed E-state index contributed by atoms with van der Waals surface area (Å²) in [6.07, 6.45) is 0.430. The number of aryl methyl sites for hydroxylation is 2. The van der Waals surface area contributed by atoms with Crippen molar-refractivity contribution in [3.63, 3.8) is 0 Å². The van der Waals surface area contributed by atoms with Crippen LogP contribution >= 0.6 is 0 Å². The lowest BCUT2D eigenvalue weighted by molar-refractivity contribution is 0.382. The topological polar surface area (TPSA) is 28.3 Å². The van der Waals surface area contributed by atoms with Gasteiger partial charge in [0.25, 0.3) is 0 Å². The van der Waals surface area contributed by atoms with Gasteiger partial charge in [0.15, 0.2) is 0 Å². The number of ether oxygens (including phenoxy) is 1. The van der Waals surface area contributed by atoms with Gasteiger partial charge in [0.2, 0.25) is 0 Å². The van der Waals surface area contributed by atoms with Crippen molar-refractivity contribution in [3.05, 3.63) is 35.0 Å². The third-order valence-corrected chi connectivity index (χ3v) is 3.57. The lowest BCUT2D eigenvalue weighted by atomic mass is 9.91. The molecule has 16 heavy (non-hydrogen) atoms. The largest absolute Gasteiger partial charge is 0.372 e. The van der Waals surface area contributed by atoms with Crippen LogP contribution < -0.4 is 0 Å². The Morgan fingerprint density at radius 3 is 2.81 bits per heavy atom. The van der Waals surface area contributed by atoms with E-state index >= 15 is 0 Å². The Hall–Kier alpha value is -1.28. The van der Waals surface area contributed by atoms with Gasteiger partial charge < -0.3 is 9.72 Å². The Balaban J connectivity index is 2.22. The maximum absolute atomic E-state index is 5.43. The fourth-order valence-corrected chi connectivity index (χ4v) is 2.61. The summed E-state index contributed by atoms with van der Waals surface area (Å²) in [6, 6.07) is 6.62. The third-order valence-electron chi connectivity index (χ3n) is 3.57. The molecule has 1 aliphatic heterocycles. The number of aromatic nitrogens is 1. The number of benzene rings is 1. The molecule has 1 aromatic heterocycles. The van der Waals surface area contributed by atoms with E-state index in [1.807, 2.05) is 0 Å². The average molecular weight is 215 g/mol. The molecule has 3 rings (SSSR count). The number of hydrogen-bond acceptors (Lipinski definition) is 1. The smallest absolute Gasteiger partial charge is 0.0875 e. The standard InChI is InChI=1S/C14H17NO/c1-8-4-5-12-11(6-9(2)15-12)14(8)10(3)13-7-16-13/h4-6,10,13,15H,7H2,1-3H3. The lowest BCUT2D eigenvalue weighted by Gasteiger charge is -2.13. The molecule has 0 radical (unpaired) electrons. The number of nitrogens with one attached hydrogen (secondary N) is 1. The molecular weight excluding hydrogens is 198 g/mol. The maximum Gasteiger partial charge on any atom is 0.0875 e. The van der Waals surface area contributed by atoms with Gasteiger partial charge in [-0.05, 0) is 37.1 Å². The molecule has 2 atom stereocenters. The van der Waals surface area contributed by atoms with E-state index in [1.54, 1.807) is 0 Å². The van der Waals surface area contributed by atoms with Crippen molar-refractivity contribution in [2.45, 2.75) is 32.8 Å². The van der Waals surface area contributed by atoms with E-state index in [4.69, 9.17) is 4.74 Å². The molecule has 1 N–H and O–H groups in total. The first-order chi connectivity index (χ1) is 7.66. The molecule has 1 fully saturated rings. The van der Waals surface area contributed by atoms with E-state index in [1.165, 1.54) is 27.7 Å². The zero-order valence-electron chi connectivity index (χ0n) is 10.0. The third kappa shape index (κ3) is 1.45.